The molecule has 2 aromatic rings. The Bertz CT molecular complexity index is 543. The fraction of sp³-hybridized carbons (Fsp3) is 0.214. The Morgan fingerprint density at radius 1 is 1.28 bits per heavy atom. The van der Waals surface area contributed by atoms with Crippen LogP contribution in [-0.4, -0.2) is 12.1 Å². The average Bonchev–Trinajstić information content (AvgIpc) is 2.37. The van der Waals surface area contributed by atoms with Crippen LogP contribution < -0.4 is 5.32 Å². The molecule has 0 aliphatic carbocycles. The molecule has 1 aromatic carbocycles. The van der Waals surface area contributed by atoms with Crippen LogP contribution in [0.15, 0.2) is 41.0 Å². The molecule has 0 fully saturated rings. The lowest BCUT2D eigenvalue weighted by Gasteiger charge is -2.12. The molecular formula is C14H15BrN2O. The van der Waals surface area contributed by atoms with Gasteiger partial charge in [0.15, 0.2) is 0 Å². The van der Waals surface area contributed by atoms with Crippen molar-refractivity contribution < 1.29 is 4.74 Å². The highest BCUT2D eigenvalue weighted by atomic mass is 79.9. The summed E-state index contributed by atoms with van der Waals surface area (Å²) in [5.41, 5.74) is 3.27. The summed E-state index contributed by atoms with van der Waals surface area (Å²) in [5.74, 6) is 0.818. The first kappa shape index (κ1) is 13.1. The lowest BCUT2D eigenvalue weighted by atomic mass is 10.2. The van der Waals surface area contributed by atoms with E-state index in [0.29, 0.717) is 6.61 Å². The summed E-state index contributed by atoms with van der Waals surface area (Å²) in [6, 6.07) is 10.0. The summed E-state index contributed by atoms with van der Waals surface area (Å²) in [5, 5.41) is 3.33. The van der Waals surface area contributed by atoms with E-state index in [1.807, 2.05) is 37.3 Å². The number of halogens is 1. The van der Waals surface area contributed by atoms with Gasteiger partial charge in [-0.25, -0.2) is 4.98 Å². The van der Waals surface area contributed by atoms with Crippen molar-refractivity contribution in [2.24, 2.45) is 0 Å². The largest absolute Gasteiger partial charge is 0.380 e. The molecular weight excluding hydrogens is 292 g/mol. The van der Waals surface area contributed by atoms with Crippen molar-refractivity contribution in [1.29, 1.82) is 0 Å². The first-order valence-corrected chi connectivity index (χ1v) is 6.46. The summed E-state index contributed by atoms with van der Waals surface area (Å²) in [4.78, 5) is 4.34. The molecule has 18 heavy (non-hydrogen) atoms. The van der Waals surface area contributed by atoms with Gasteiger partial charge in [0.05, 0.1) is 11.1 Å². The number of aromatic nitrogens is 1. The van der Waals surface area contributed by atoms with Gasteiger partial charge in [0.2, 0.25) is 0 Å². The van der Waals surface area contributed by atoms with E-state index < -0.39 is 0 Å². The summed E-state index contributed by atoms with van der Waals surface area (Å²) in [6.45, 7) is 2.62. The third kappa shape index (κ3) is 2.89. The summed E-state index contributed by atoms with van der Waals surface area (Å²) < 4.78 is 6.17. The van der Waals surface area contributed by atoms with Gasteiger partial charge in [-0.3, -0.25) is 0 Å². The van der Waals surface area contributed by atoms with Crippen LogP contribution in [0.5, 0.6) is 0 Å². The zero-order chi connectivity index (χ0) is 13.0. The van der Waals surface area contributed by atoms with E-state index in [4.69, 9.17) is 4.74 Å². The molecule has 0 aliphatic heterocycles. The molecule has 0 saturated heterocycles. The number of pyridine rings is 1. The van der Waals surface area contributed by atoms with Gasteiger partial charge in [0.1, 0.15) is 5.82 Å². The molecule has 0 amide bonds. The second-order valence-corrected chi connectivity index (χ2v) is 4.80. The molecule has 0 spiro atoms. The van der Waals surface area contributed by atoms with Gasteiger partial charge in [-0.2, -0.15) is 0 Å². The number of hydrogen-bond acceptors (Lipinski definition) is 3. The van der Waals surface area contributed by atoms with E-state index in [2.05, 4.69) is 26.2 Å². The molecule has 2 rings (SSSR count). The number of anilines is 2. The van der Waals surface area contributed by atoms with Crippen molar-refractivity contribution in [2.75, 3.05) is 12.4 Å². The van der Waals surface area contributed by atoms with E-state index in [1.165, 1.54) is 0 Å². The van der Waals surface area contributed by atoms with Crippen LogP contribution >= 0.6 is 15.9 Å². The van der Waals surface area contributed by atoms with Gasteiger partial charge in [0, 0.05) is 24.6 Å². The SMILES string of the molecule is COCc1ccccc1Nc1nccc(C)c1Br. The standard InChI is InChI=1S/C14H15BrN2O/c1-10-7-8-16-14(13(10)15)17-12-6-4-3-5-11(12)9-18-2/h3-8H,9H2,1-2H3,(H,16,17). The molecule has 4 heteroatoms. The van der Waals surface area contributed by atoms with Crippen molar-refractivity contribution in [1.82, 2.24) is 4.98 Å². The quantitative estimate of drug-likeness (QED) is 0.925. The third-order valence-electron chi connectivity index (χ3n) is 2.65. The molecule has 0 radical (unpaired) electrons. The van der Waals surface area contributed by atoms with Crippen LogP contribution in [0.25, 0.3) is 0 Å². The fourth-order valence-corrected chi connectivity index (χ4v) is 2.01. The zero-order valence-corrected chi connectivity index (χ0v) is 12.0. The Morgan fingerprint density at radius 2 is 2.06 bits per heavy atom. The lowest BCUT2D eigenvalue weighted by Crippen LogP contribution is -2.00. The van der Waals surface area contributed by atoms with Crippen LogP contribution in [0.2, 0.25) is 0 Å². The number of nitrogens with zero attached hydrogens (tertiary/aromatic N) is 1. The maximum atomic E-state index is 5.19. The van der Waals surface area contributed by atoms with Crippen LogP contribution in [0.4, 0.5) is 11.5 Å². The second-order valence-electron chi connectivity index (χ2n) is 4.01. The first-order chi connectivity index (χ1) is 8.72. The van der Waals surface area contributed by atoms with Crippen LogP contribution in [0, 0.1) is 6.92 Å². The monoisotopic (exact) mass is 306 g/mol. The highest BCUT2D eigenvalue weighted by Gasteiger charge is 2.07. The van der Waals surface area contributed by atoms with Crippen molar-refractivity contribution in [3.63, 3.8) is 0 Å². The number of nitrogens with one attached hydrogen (secondary N) is 1. The molecule has 94 valence electrons. The predicted molar refractivity (Wildman–Crippen MR) is 77.1 cm³/mol. The number of rotatable bonds is 4. The lowest BCUT2D eigenvalue weighted by molar-refractivity contribution is 0.185. The first-order valence-electron chi connectivity index (χ1n) is 5.67. The smallest absolute Gasteiger partial charge is 0.144 e. The van der Waals surface area contributed by atoms with Crippen LogP contribution in [0.3, 0.4) is 0 Å². The van der Waals surface area contributed by atoms with Gasteiger partial charge >= 0.3 is 0 Å². The van der Waals surface area contributed by atoms with E-state index >= 15 is 0 Å². The Labute approximate surface area is 115 Å². The number of para-hydroxylation sites is 1. The third-order valence-corrected chi connectivity index (χ3v) is 3.65. The molecule has 3 nitrogen and oxygen atoms in total. The molecule has 0 aliphatic rings. The van der Waals surface area contributed by atoms with Gasteiger partial charge in [-0.05, 0) is 40.5 Å². The number of hydrogen-bond donors (Lipinski definition) is 1. The normalized spacial score (nSPS) is 10.4. The molecule has 0 saturated carbocycles. The number of aryl methyl sites for hydroxylation is 1. The molecule has 1 heterocycles. The van der Waals surface area contributed by atoms with Gasteiger partial charge < -0.3 is 10.1 Å². The zero-order valence-electron chi connectivity index (χ0n) is 10.4. The summed E-state index contributed by atoms with van der Waals surface area (Å²) in [6.07, 6.45) is 1.79. The minimum atomic E-state index is 0.576. The molecule has 1 aromatic heterocycles. The average molecular weight is 307 g/mol. The predicted octanol–water partition coefficient (Wildman–Crippen LogP) is 4.04. The number of benzene rings is 1. The van der Waals surface area contributed by atoms with E-state index in [-0.39, 0.29) is 0 Å². The minimum Gasteiger partial charge on any atom is -0.380 e. The number of ether oxygens (including phenoxy) is 1. The highest BCUT2D eigenvalue weighted by molar-refractivity contribution is 9.10. The fourth-order valence-electron chi connectivity index (χ4n) is 1.68. The summed E-state index contributed by atoms with van der Waals surface area (Å²) >= 11 is 3.54. The Kier molecular flexibility index (Phi) is 4.33. The topological polar surface area (TPSA) is 34.1 Å². The second kappa shape index (κ2) is 5.98. The maximum absolute atomic E-state index is 5.19. The van der Waals surface area contributed by atoms with Crippen LogP contribution in [0.1, 0.15) is 11.1 Å². The molecule has 1 N–H and O–H groups in total. The number of methoxy groups -OCH3 is 1. The van der Waals surface area contributed by atoms with Gasteiger partial charge in [-0.1, -0.05) is 18.2 Å². The highest BCUT2D eigenvalue weighted by Crippen LogP contribution is 2.28. The summed E-state index contributed by atoms with van der Waals surface area (Å²) in [7, 11) is 1.69. The Hall–Kier alpha value is -1.39. The van der Waals surface area contributed by atoms with Crippen LogP contribution in [-0.2, 0) is 11.3 Å². The van der Waals surface area contributed by atoms with Crippen molar-refractivity contribution in [3.05, 3.63) is 52.1 Å². The Morgan fingerprint density at radius 3 is 2.83 bits per heavy atom. The maximum Gasteiger partial charge on any atom is 0.144 e. The molecule has 0 unspecified atom stereocenters. The van der Waals surface area contributed by atoms with E-state index in [9.17, 15) is 0 Å². The minimum absolute atomic E-state index is 0.576. The Balaban J connectivity index is 2.31. The van der Waals surface area contributed by atoms with Crippen molar-refractivity contribution in [2.45, 2.75) is 13.5 Å². The van der Waals surface area contributed by atoms with E-state index in [1.54, 1.807) is 13.3 Å². The van der Waals surface area contributed by atoms with Crippen molar-refractivity contribution in [3.8, 4) is 0 Å². The molecule has 0 atom stereocenters. The van der Waals surface area contributed by atoms with Crippen molar-refractivity contribution >= 4 is 27.4 Å². The van der Waals surface area contributed by atoms with Gasteiger partial charge in [0.25, 0.3) is 0 Å². The molecule has 0 bridgehead atoms. The van der Waals surface area contributed by atoms with Gasteiger partial charge in [-0.15, -0.1) is 0 Å². The van der Waals surface area contributed by atoms with E-state index in [0.717, 1.165) is 27.1 Å².